The number of aromatic amines is 1. The number of hydrogen-bond acceptors (Lipinski definition) is 5. The number of carbonyl (C=O) groups excluding carboxylic acids is 1. The van der Waals surface area contributed by atoms with Crippen LogP contribution in [-0.4, -0.2) is 24.7 Å². The third-order valence-electron chi connectivity index (χ3n) is 4.12. The smallest absolute Gasteiger partial charge is 0.308 e. The molecule has 0 saturated carbocycles. The van der Waals surface area contributed by atoms with Crippen LogP contribution in [0.4, 0.5) is 0 Å². The van der Waals surface area contributed by atoms with Crippen molar-refractivity contribution in [3.63, 3.8) is 0 Å². The number of ether oxygens (including phenoxy) is 3. The lowest BCUT2D eigenvalue weighted by Gasteiger charge is -2.11. The number of rotatable bonds is 8. The van der Waals surface area contributed by atoms with Crippen LogP contribution in [0.25, 0.3) is 10.9 Å². The van der Waals surface area contributed by atoms with Gasteiger partial charge in [-0.1, -0.05) is 17.2 Å². The summed E-state index contributed by atoms with van der Waals surface area (Å²) in [5.41, 5.74) is 2.59. The second-order valence-electron chi connectivity index (χ2n) is 6.80. The van der Waals surface area contributed by atoms with Gasteiger partial charge in [0.15, 0.2) is 5.75 Å². The van der Waals surface area contributed by atoms with E-state index in [1.165, 1.54) is 25.2 Å². The van der Waals surface area contributed by atoms with E-state index in [9.17, 15) is 9.59 Å². The number of aromatic nitrogens is 1. The molecule has 6 heteroatoms. The van der Waals surface area contributed by atoms with Crippen LogP contribution in [0.5, 0.6) is 17.2 Å². The normalized spacial score (nSPS) is 11.2. The summed E-state index contributed by atoms with van der Waals surface area (Å²) >= 11 is 0. The molecule has 6 nitrogen and oxygen atoms in total. The fourth-order valence-corrected chi connectivity index (χ4v) is 2.73. The number of esters is 1. The van der Waals surface area contributed by atoms with Crippen molar-refractivity contribution in [2.75, 3.05) is 13.7 Å². The van der Waals surface area contributed by atoms with Crippen molar-refractivity contribution in [3.05, 3.63) is 51.9 Å². The van der Waals surface area contributed by atoms with E-state index in [-0.39, 0.29) is 11.5 Å². The first-order valence-electron chi connectivity index (χ1n) is 9.16. The third-order valence-corrected chi connectivity index (χ3v) is 4.12. The SMILES string of the molecule is COc1c(OC(C)=O)c(=O)[nH]c2cc(OC/C=C(\C)CCC=C(C)C)ccc12. The van der Waals surface area contributed by atoms with Gasteiger partial charge in [-0.2, -0.15) is 0 Å². The molecule has 0 bridgehead atoms. The van der Waals surface area contributed by atoms with Gasteiger partial charge < -0.3 is 19.2 Å². The van der Waals surface area contributed by atoms with E-state index >= 15 is 0 Å². The van der Waals surface area contributed by atoms with E-state index in [0.717, 1.165) is 12.8 Å². The molecule has 0 radical (unpaired) electrons. The third kappa shape index (κ3) is 5.74. The average Bonchev–Trinajstić information content (AvgIpc) is 2.61. The summed E-state index contributed by atoms with van der Waals surface area (Å²) in [5.74, 6) is 0.107. The molecule has 0 spiro atoms. The molecular formula is C22H27NO5. The van der Waals surface area contributed by atoms with Crippen molar-refractivity contribution in [2.45, 2.75) is 40.5 Å². The Balaban J connectivity index is 2.17. The number of fused-ring (bicyclic) bond motifs is 1. The van der Waals surface area contributed by atoms with Crippen molar-refractivity contribution in [1.82, 2.24) is 4.98 Å². The summed E-state index contributed by atoms with van der Waals surface area (Å²) in [6.45, 7) is 7.95. The van der Waals surface area contributed by atoms with Crippen LogP contribution >= 0.6 is 0 Å². The van der Waals surface area contributed by atoms with Crippen LogP contribution < -0.4 is 19.8 Å². The Bertz CT molecular complexity index is 965. The van der Waals surface area contributed by atoms with Crippen molar-refractivity contribution >= 4 is 16.9 Å². The van der Waals surface area contributed by atoms with Crippen molar-refractivity contribution < 1.29 is 19.0 Å². The lowest BCUT2D eigenvalue weighted by Crippen LogP contribution is -2.15. The second-order valence-corrected chi connectivity index (χ2v) is 6.80. The molecule has 0 atom stereocenters. The lowest BCUT2D eigenvalue weighted by atomic mass is 10.1. The Morgan fingerprint density at radius 1 is 1.11 bits per heavy atom. The predicted octanol–water partition coefficient (Wildman–Crippen LogP) is 4.53. The highest BCUT2D eigenvalue weighted by molar-refractivity contribution is 5.89. The molecule has 1 heterocycles. The second kappa shape index (κ2) is 9.78. The van der Waals surface area contributed by atoms with E-state index in [1.54, 1.807) is 18.2 Å². The van der Waals surface area contributed by atoms with Gasteiger partial charge in [0, 0.05) is 18.4 Å². The number of benzene rings is 1. The maximum atomic E-state index is 12.2. The zero-order valence-corrected chi connectivity index (χ0v) is 17.0. The molecule has 28 heavy (non-hydrogen) atoms. The Morgan fingerprint density at radius 3 is 2.50 bits per heavy atom. The summed E-state index contributed by atoms with van der Waals surface area (Å²) in [7, 11) is 1.43. The van der Waals surface area contributed by atoms with Crippen LogP contribution in [0.2, 0.25) is 0 Å². The molecule has 150 valence electrons. The molecule has 1 aromatic heterocycles. The van der Waals surface area contributed by atoms with Gasteiger partial charge in [-0.3, -0.25) is 9.59 Å². The van der Waals surface area contributed by atoms with Gasteiger partial charge >= 0.3 is 5.97 Å². The van der Waals surface area contributed by atoms with E-state index in [1.807, 2.05) is 0 Å². The van der Waals surface area contributed by atoms with E-state index in [2.05, 4.69) is 37.9 Å². The predicted molar refractivity (Wildman–Crippen MR) is 110 cm³/mol. The standard InChI is InChI=1S/C22H27NO5/c1-14(2)7-6-8-15(3)11-12-27-17-9-10-18-19(13-17)23-22(25)21(20(18)26-5)28-16(4)24/h7,9-11,13H,6,8,12H2,1-5H3,(H,23,25)/b15-11+. The molecule has 0 amide bonds. The summed E-state index contributed by atoms with van der Waals surface area (Å²) in [4.78, 5) is 26.2. The average molecular weight is 385 g/mol. The Kier molecular flexibility index (Phi) is 7.44. The Labute approximate surface area is 164 Å². The zero-order valence-electron chi connectivity index (χ0n) is 17.0. The number of methoxy groups -OCH3 is 1. The minimum Gasteiger partial charge on any atom is -0.492 e. The van der Waals surface area contributed by atoms with Crippen molar-refractivity contribution in [3.8, 4) is 17.2 Å². The monoisotopic (exact) mass is 385 g/mol. The number of hydrogen-bond donors (Lipinski definition) is 1. The van der Waals surface area contributed by atoms with Crippen LogP contribution in [0.15, 0.2) is 46.3 Å². The van der Waals surface area contributed by atoms with Crippen LogP contribution in [0.3, 0.4) is 0 Å². The fraction of sp³-hybridized carbons (Fsp3) is 0.364. The lowest BCUT2D eigenvalue weighted by molar-refractivity contribution is -0.132. The molecule has 2 aromatic rings. The highest BCUT2D eigenvalue weighted by atomic mass is 16.6. The van der Waals surface area contributed by atoms with Gasteiger partial charge in [-0.15, -0.1) is 0 Å². The quantitative estimate of drug-likeness (QED) is 0.533. The van der Waals surface area contributed by atoms with Gasteiger partial charge in [0.2, 0.25) is 5.75 Å². The Hall–Kier alpha value is -3.02. The summed E-state index contributed by atoms with van der Waals surface area (Å²) in [5, 5.41) is 0.624. The minimum absolute atomic E-state index is 0.147. The first-order valence-corrected chi connectivity index (χ1v) is 9.16. The fourth-order valence-electron chi connectivity index (χ4n) is 2.73. The molecule has 0 fully saturated rings. The van der Waals surface area contributed by atoms with Crippen molar-refractivity contribution in [1.29, 1.82) is 0 Å². The van der Waals surface area contributed by atoms with Gasteiger partial charge in [-0.25, -0.2) is 0 Å². The number of allylic oxidation sites excluding steroid dienone is 3. The first kappa shape index (κ1) is 21.3. The number of nitrogens with one attached hydrogen (secondary N) is 1. The van der Waals surface area contributed by atoms with Gasteiger partial charge in [-0.05, 0) is 51.8 Å². The van der Waals surface area contributed by atoms with E-state index in [4.69, 9.17) is 14.2 Å². The molecule has 0 saturated heterocycles. The van der Waals surface area contributed by atoms with Crippen LogP contribution in [0.1, 0.15) is 40.5 Å². The van der Waals surface area contributed by atoms with E-state index < -0.39 is 11.5 Å². The van der Waals surface area contributed by atoms with Gasteiger partial charge in [0.25, 0.3) is 5.56 Å². The maximum Gasteiger partial charge on any atom is 0.308 e. The molecule has 0 aliphatic heterocycles. The number of pyridine rings is 1. The molecule has 1 aromatic carbocycles. The maximum absolute atomic E-state index is 12.2. The number of carbonyl (C=O) groups is 1. The molecule has 2 rings (SSSR count). The van der Waals surface area contributed by atoms with E-state index in [0.29, 0.717) is 23.3 Å². The summed E-state index contributed by atoms with van der Waals surface area (Å²) in [6.07, 6.45) is 6.29. The summed E-state index contributed by atoms with van der Waals surface area (Å²) < 4.78 is 16.1. The topological polar surface area (TPSA) is 77.6 Å². The van der Waals surface area contributed by atoms with Gasteiger partial charge in [0.1, 0.15) is 12.4 Å². The van der Waals surface area contributed by atoms with Crippen LogP contribution in [-0.2, 0) is 4.79 Å². The number of H-pyrrole nitrogens is 1. The van der Waals surface area contributed by atoms with Crippen LogP contribution in [0, 0.1) is 0 Å². The van der Waals surface area contributed by atoms with Gasteiger partial charge in [0.05, 0.1) is 12.6 Å². The minimum atomic E-state index is -0.588. The molecular weight excluding hydrogens is 358 g/mol. The van der Waals surface area contributed by atoms with Crippen molar-refractivity contribution in [2.24, 2.45) is 0 Å². The Morgan fingerprint density at radius 2 is 1.86 bits per heavy atom. The highest BCUT2D eigenvalue weighted by Gasteiger charge is 2.17. The highest BCUT2D eigenvalue weighted by Crippen LogP contribution is 2.33. The molecule has 0 unspecified atom stereocenters. The summed E-state index contributed by atoms with van der Waals surface area (Å²) in [6, 6.07) is 5.27. The first-order chi connectivity index (χ1) is 13.3. The largest absolute Gasteiger partial charge is 0.492 e. The molecule has 0 aliphatic rings. The molecule has 0 aliphatic carbocycles. The molecule has 1 N–H and O–H groups in total. The zero-order chi connectivity index (χ0) is 20.7.